The summed E-state index contributed by atoms with van der Waals surface area (Å²) in [6, 6.07) is 7.42. The quantitative estimate of drug-likeness (QED) is 0.519. The Bertz CT molecular complexity index is 317. The van der Waals surface area contributed by atoms with Gasteiger partial charge in [-0.15, -0.1) is 0 Å². The second-order valence-electron chi connectivity index (χ2n) is 1.79. The normalized spacial score (nSPS) is 8.93. The maximum absolute atomic E-state index is 10.4. The lowest BCUT2D eigenvalue weighted by Crippen LogP contribution is -1.96. The third-order valence-corrected chi connectivity index (χ3v) is 1.91. The summed E-state index contributed by atoms with van der Waals surface area (Å²) < 4.78 is 29.2. The molecular formula is C6H10Cl2N2O3S. The summed E-state index contributed by atoms with van der Waals surface area (Å²) in [4.78, 5) is -0.0741. The van der Waals surface area contributed by atoms with E-state index in [9.17, 15) is 8.42 Å². The summed E-state index contributed by atoms with van der Waals surface area (Å²) in [7, 11) is -4.00. The second-order valence-corrected chi connectivity index (χ2v) is 3.21. The molecule has 5 N–H and O–H groups in total. The van der Waals surface area contributed by atoms with Gasteiger partial charge < -0.3 is 0 Å². The van der Waals surface area contributed by atoms with Crippen LogP contribution in [0.5, 0.6) is 0 Å². The van der Waals surface area contributed by atoms with E-state index in [2.05, 4.69) is 34.1 Å². The van der Waals surface area contributed by atoms with Gasteiger partial charge in [0, 0.05) is 0 Å². The van der Waals surface area contributed by atoms with Crippen LogP contribution in [0.25, 0.3) is 0 Å². The van der Waals surface area contributed by atoms with Gasteiger partial charge in [-0.3, -0.25) is 4.55 Å². The molecule has 0 heterocycles. The third-order valence-electron chi connectivity index (χ3n) is 1.04. The van der Waals surface area contributed by atoms with Crippen LogP contribution in [0, 0.1) is 0 Å². The summed E-state index contributed by atoms with van der Waals surface area (Å²) in [5.74, 6) is 0. The smallest absolute Gasteiger partial charge is 0.282 e. The van der Waals surface area contributed by atoms with Crippen LogP contribution < -0.4 is 10.5 Å². The molecule has 0 fully saturated rings. The predicted octanol–water partition coefficient (Wildman–Crippen LogP) is 1.13. The van der Waals surface area contributed by atoms with Crippen LogP contribution in [-0.4, -0.2) is 13.0 Å². The second kappa shape index (κ2) is 9.20. The molecule has 0 atom stereocenters. The van der Waals surface area contributed by atoms with E-state index < -0.39 is 10.1 Å². The number of hydrogen-bond donors (Lipinski definition) is 3. The molecule has 8 heteroatoms. The SMILES string of the molecule is NCl.NCl.O=S(=O)(O)c1ccccc1. The maximum atomic E-state index is 10.4. The van der Waals surface area contributed by atoms with E-state index in [4.69, 9.17) is 4.55 Å². The van der Waals surface area contributed by atoms with E-state index in [1.165, 1.54) is 12.1 Å². The summed E-state index contributed by atoms with van der Waals surface area (Å²) in [5, 5.41) is 7.94. The van der Waals surface area contributed by atoms with E-state index in [1.54, 1.807) is 18.2 Å². The van der Waals surface area contributed by atoms with Crippen molar-refractivity contribution in [2.24, 2.45) is 10.5 Å². The molecule has 1 rings (SSSR count). The summed E-state index contributed by atoms with van der Waals surface area (Å²) in [6.45, 7) is 0. The minimum absolute atomic E-state index is 0.0741. The van der Waals surface area contributed by atoms with Crippen molar-refractivity contribution < 1.29 is 13.0 Å². The van der Waals surface area contributed by atoms with E-state index in [0.717, 1.165) is 0 Å². The van der Waals surface area contributed by atoms with Crippen molar-refractivity contribution in [1.82, 2.24) is 0 Å². The highest BCUT2D eigenvalue weighted by Crippen LogP contribution is 2.05. The first kappa shape index (κ1) is 16.1. The lowest BCUT2D eigenvalue weighted by molar-refractivity contribution is 0.483. The van der Waals surface area contributed by atoms with Gasteiger partial charge in [0.25, 0.3) is 10.1 Å². The van der Waals surface area contributed by atoms with Gasteiger partial charge in [0.2, 0.25) is 0 Å². The van der Waals surface area contributed by atoms with Gasteiger partial charge in [-0.25, -0.2) is 10.5 Å². The molecule has 1 aromatic rings. The van der Waals surface area contributed by atoms with E-state index in [1.807, 2.05) is 0 Å². The first-order valence-corrected chi connectivity index (χ1v) is 5.38. The number of hydrogen-bond acceptors (Lipinski definition) is 4. The third kappa shape index (κ3) is 7.07. The summed E-state index contributed by atoms with van der Waals surface area (Å²) >= 11 is 8.28. The number of benzene rings is 1. The molecule has 0 aromatic heterocycles. The van der Waals surface area contributed by atoms with Crippen LogP contribution in [0.1, 0.15) is 0 Å². The first-order chi connectivity index (χ1) is 6.61. The molecule has 0 saturated carbocycles. The van der Waals surface area contributed by atoms with Gasteiger partial charge in [-0.05, 0) is 35.7 Å². The van der Waals surface area contributed by atoms with Crippen molar-refractivity contribution in [3.8, 4) is 0 Å². The largest absolute Gasteiger partial charge is 0.294 e. The van der Waals surface area contributed by atoms with E-state index >= 15 is 0 Å². The summed E-state index contributed by atoms with van der Waals surface area (Å²) in [6.07, 6.45) is 0. The topological polar surface area (TPSA) is 106 Å². The molecule has 0 saturated heterocycles. The number of nitrogens with two attached hydrogens (primary N) is 2. The van der Waals surface area contributed by atoms with Crippen molar-refractivity contribution >= 4 is 33.7 Å². The van der Waals surface area contributed by atoms with Crippen LogP contribution in [0.4, 0.5) is 0 Å². The molecule has 0 aliphatic rings. The zero-order chi connectivity index (χ0) is 11.6. The monoisotopic (exact) mass is 260 g/mol. The average molecular weight is 261 g/mol. The Morgan fingerprint density at radius 2 is 1.36 bits per heavy atom. The molecule has 82 valence electrons. The molecule has 0 aliphatic carbocycles. The minimum atomic E-state index is -4.00. The van der Waals surface area contributed by atoms with Crippen molar-refractivity contribution in [2.75, 3.05) is 0 Å². The van der Waals surface area contributed by atoms with Gasteiger partial charge in [0.05, 0.1) is 4.90 Å². The lowest BCUT2D eigenvalue weighted by atomic mass is 10.4. The fourth-order valence-corrected chi connectivity index (χ4v) is 1.09. The lowest BCUT2D eigenvalue weighted by Gasteiger charge is -1.92. The summed E-state index contributed by atoms with van der Waals surface area (Å²) in [5.41, 5.74) is 0. The minimum Gasteiger partial charge on any atom is -0.282 e. The molecule has 0 amide bonds. The molecule has 0 aliphatic heterocycles. The van der Waals surface area contributed by atoms with Crippen LogP contribution in [0.3, 0.4) is 0 Å². The van der Waals surface area contributed by atoms with Crippen molar-refractivity contribution in [3.05, 3.63) is 30.3 Å². The number of rotatable bonds is 1. The fourth-order valence-electron chi connectivity index (χ4n) is 0.592. The zero-order valence-electron chi connectivity index (χ0n) is 6.97. The molecule has 14 heavy (non-hydrogen) atoms. The van der Waals surface area contributed by atoms with Gasteiger partial charge in [0.1, 0.15) is 0 Å². The van der Waals surface area contributed by atoms with E-state index in [-0.39, 0.29) is 4.90 Å². The molecule has 0 unspecified atom stereocenters. The Balaban J connectivity index is 0. The van der Waals surface area contributed by atoms with Gasteiger partial charge in [-0.2, -0.15) is 8.42 Å². The van der Waals surface area contributed by atoms with Gasteiger partial charge in [0.15, 0.2) is 0 Å². The number of halogens is 2. The Kier molecular flexibility index (Phi) is 10.6. The highest BCUT2D eigenvalue weighted by molar-refractivity contribution is 7.85. The van der Waals surface area contributed by atoms with Gasteiger partial charge >= 0.3 is 0 Å². The Morgan fingerprint density at radius 3 is 1.57 bits per heavy atom. The Labute approximate surface area is 92.6 Å². The zero-order valence-corrected chi connectivity index (χ0v) is 9.30. The molecule has 0 radical (unpaired) electrons. The molecule has 1 aromatic carbocycles. The van der Waals surface area contributed by atoms with E-state index in [0.29, 0.717) is 0 Å². The molecule has 0 bridgehead atoms. The molecule has 0 spiro atoms. The highest BCUT2D eigenvalue weighted by atomic mass is 35.5. The first-order valence-electron chi connectivity index (χ1n) is 3.07. The molecular weight excluding hydrogens is 251 g/mol. The fraction of sp³-hybridized carbons (Fsp3) is 0. The van der Waals surface area contributed by atoms with Crippen molar-refractivity contribution in [3.63, 3.8) is 0 Å². The Hall–Kier alpha value is -0.370. The standard InChI is InChI=1S/C6H6O3S.2ClH2N/c7-10(8,9)6-4-2-1-3-5-6;2*1-2/h1-5H,(H,7,8,9);2*2H2. The van der Waals surface area contributed by atoms with Crippen molar-refractivity contribution in [2.45, 2.75) is 4.90 Å². The Morgan fingerprint density at radius 1 is 1.00 bits per heavy atom. The highest BCUT2D eigenvalue weighted by Gasteiger charge is 2.05. The van der Waals surface area contributed by atoms with Gasteiger partial charge in [-0.1, -0.05) is 18.2 Å². The maximum Gasteiger partial charge on any atom is 0.294 e. The molecule has 5 nitrogen and oxygen atoms in total. The average Bonchev–Trinajstić information content (AvgIpc) is 2.24. The van der Waals surface area contributed by atoms with Crippen LogP contribution in [0.15, 0.2) is 35.2 Å². The van der Waals surface area contributed by atoms with Crippen LogP contribution in [-0.2, 0) is 10.1 Å². The van der Waals surface area contributed by atoms with Crippen LogP contribution >= 0.6 is 23.6 Å². The van der Waals surface area contributed by atoms with Crippen LogP contribution in [0.2, 0.25) is 0 Å². The van der Waals surface area contributed by atoms with Crippen molar-refractivity contribution in [1.29, 1.82) is 0 Å². The predicted molar refractivity (Wildman–Crippen MR) is 56.3 cm³/mol.